The molecule has 5 nitrogen and oxygen atoms in total. The van der Waals surface area contributed by atoms with E-state index < -0.39 is 11.8 Å². The zero-order chi connectivity index (χ0) is 12.4. The lowest BCUT2D eigenvalue weighted by Gasteiger charge is -2.08. The molecule has 1 aromatic rings. The third-order valence-electron chi connectivity index (χ3n) is 2.52. The van der Waals surface area contributed by atoms with E-state index in [1.165, 1.54) is 6.07 Å². The summed E-state index contributed by atoms with van der Waals surface area (Å²) in [6.07, 6.45) is 1.85. The first-order chi connectivity index (χ1) is 8.06. The average molecular weight is 234 g/mol. The van der Waals surface area contributed by atoms with E-state index in [4.69, 9.17) is 0 Å². The minimum absolute atomic E-state index is 0.0526. The minimum Gasteiger partial charge on any atom is -0.506 e. The summed E-state index contributed by atoms with van der Waals surface area (Å²) in [5, 5.41) is 14.5. The number of carbonyl (C=O) groups is 2. The molecule has 1 aliphatic rings. The number of aryl methyl sites for hydroxylation is 1. The predicted octanol–water partition coefficient (Wildman–Crippen LogP) is 0.918. The molecule has 1 saturated carbocycles. The van der Waals surface area contributed by atoms with Crippen molar-refractivity contribution >= 4 is 17.5 Å². The Hall–Kier alpha value is -2.04. The highest BCUT2D eigenvalue weighted by atomic mass is 16.3. The Balaban J connectivity index is 2.01. The van der Waals surface area contributed by atoms with Crippen molar-refractivity contribution in [3.05, 3.63) is 23.8 Å². The number of carbonyl (C=O) groups excluding carboxylic acids is 2. The Morgan fingerprint density at radius 3 is 2.65 bits per heavy atom. The van der Waals surface area contributed by atoms with Crippen LogP contribution in [-0.2, 0) is 9.59 Å². The number of benzene rings is 1. The van der Waals surface area contributed by atoms with Crippen molar-refractivity contribution in [1.82, 2.24) is 5.32 Å². The summed E-state index contributed by atoms with van der Waals surface area (Å²) in [6, 6.07) is 4.94. The summed E-state index contributed by atoms with van der Waals surface area (Å²) in [7, 11) is 0. The summed E-state index contributed by atoms with van der Waals surface area (Å²) in [5.41, 5.74) is 1.14. The number of nitrogens with one attached hydrogen (secondary N) is 2. The van der Waals surface area contributed by atoms with Gasteiger partial charge in [0.15, 0.2) is 0 Å². The molecular formula is C12H14N2O3. The smallest absolute Gasteiger partial charge is 0.313 e. The first-order valence-corrected chi connectivity index (χ1v) is 5.48. The lowest BCUT2D eigenvalue weighted by molar-refractivity contribution is -0.136. The molecule has 17 heavy (non-hydrogen) atoms. The van der Waals surface area contributed by atoms with Crippen molar-refractivity contribution in [3.63, 3.8) is 0 Å². The molecule has 0 heterocycles. The van der Waals surface area contributed by atoms with Gasteiger partial charge in [0.2, 0.25) is 0 Å². The average Bonchev–Trinajstić information content (AvgIpc) is 3.07. The fourth-order valence-electron chi connectivity index (χ4n) is 1.41. The molecule has 1 fully saturated rings. The molecule has 0 aromatic heterocycles. The van der Waals surface area contributed by atoms with Gasteiger partial charge in [0.25, 0.3) is 0 Å². The lowest BCUT2D eigenvalue weighted by atomic mass is 10.2. The van der Waals surface area contributed by atoms with Crippen molar-refractivity contribution in [1.29, 1.82) is 0 Å². The number of phenols is 1. The highest BCUT2D eigenvalue weighted by molar-refractivity contribution is 6.39. The van der Waals surface area contributed by atoms with Gasteiger partial charge in [-0.3, -0.25) is 9.59 Å². The molecule has 90 valence electrons. The summed E-state index contributed by atoms with van der Waals surface area (Å²) in [5.74, 6) is -1.46. The molecule has 0 bridgehead atoms. The SMILES string of the molecule is Cc1ccc(O)c(NC(=O)C(=O)NC2CC2)c1. The van der Waals surface area contributed by atoms with Crippen molar-refractivity contribution < 1.29 is 14.7 Å². The fraction of sp³-hybridized carbons (Fsp3) is 0.333. The van der Waals surface area contributed by atoms with E-state index in [-0.39, 0.29) is 17.5 Å². The lowest BCUT2D eigenvalue weighted by Crippen LogP contribution is -2.36. The highest BCUT2D eigenvalue weighted by Gasteiger charge is 2.26. The van der Waals surface area contributed by atoms with Crippen LogP contribution in [0.15, 0.2) is 18.2 Å². The van der Waals surface area contributed by atoms with Crippen molar-refractivity contribution in [2.24, 2.45) is 0 Å². The summed E-state index contributed by atoms with van der Waals surface area (Å²) in [6.45, 7) is 1.83. The van der Waals surface area contributed by atoms with Crippen LogP contribution in [0.3, 0.4) is 0 Å². The molecule has 0 aliphatic heterocycles. The summed E-state index contributed by atoms with van der Waals surface area (Å²) >= 11 is 0. The molecule has 0 spiro atoms. The molecular weight excluding hydrogens is 220 g/mol. The number of aromatic hydroxyl groups is 1. The third kappa shape index (κ3) is 2.96. The van der Waals surface area contributed by atoms with E-state index in [1.54, 1.807) is 12.1 Å². The van der Waals surface area contributed by atoms with E-state index in [0.29, 0.717) is 0 Å². The molecule has 0 unspecified atom stereocenters. The van der Waals surface area contributed by atoms with E-state index in [0.717, 1.165) is 18.4 Å². The molecule has 2 rings (SSSR count). The van der Waals surface area contributed by atoms with Crippen molar-refractivity contribution in [2.75, 3.05) is 5.32 Å². The maximum Gasteiger partial charge on any atom is 0.313 e. The highest BCUT2D eigenvalue weighted by Crippen LogP contribution is 2.24. The van der Waals surface area contributed by atoms with Gasteiger partial charge < -0.3 is 15.7 Å². The van der Waals surface area contributed by atoms with Gasteiger partial charge in [0.05, 0.1) is 5.69 Å². The zero-order valence-electron chi connectivity index (χ0n) is 9.49. The van der Waals surface area contributed by atoms with Gasteiger partial charge in [0, 0.05) is 6.04 Å². The molecule has 0 atom stereocenters. The number of phenolic OH excluding ortho intramolecular Hbond substituents is 1. The second kappa shape index (κ2) is 4.45. The Morgan fingerprint density at radius 2 is 2.00 bits per heavy atom. The molecule has 2 amide bonds. The fourth-order valence-corrected chi connectivity index (χ4v) is 1.41. The van der Waals surface area contributed by atoms with Crippen LogP contribution < -0.4 is 10.6 Å². The number of hydrogen-bond acceptors (Lipinski definition) is 3. The molecule has 1 aromatic carbocycles. The second-order valence-electron chi connectivity index (χ2n) is 4.22. The topological polar surface area (TPSA) is 78.4 Å². The van der Waals surface area contributed by atoms with Crippen LogP contribution in [0.1, 0.15) is 18.4 Å². The van der Waals surface area contributed by atoms with Gasteiger partial charge >= 0.3 is 11.8 Å². The molecule has 0 saturated heterocycles. The van der Waals surface area contributed by atoms with Crippen LogP contribution in [0.4, 0.5) is 5.69 Å². The van der Waals surface area contributed by atoms with Crippen LogP contribution in [0.2, 0.25) is 0 Å². The van der Waals surface area contributed by atoms with Gasteiger partial charge in [-0.2, -0.15) is 0 Å². The molecule has 0 radical (unpaired) electrons. The van der Waals surface area contributed by atoms with Crippen LogP contribution in [-0.4, -0.2) is 23.0 Å². The molecule has 1 aliphatic carbocycles. The van der Waals surface area contributed by atoms with E-state index in [2.05, 4.69) is 10.6 Å². The largest absolute Gasteiger partial charge is 0.506 e. The van der Waals surface area contributed by atoms with Crippen LogP contribution in [0.5, 0.6) is 5.75 Å². The third-order valence-corrected chi connectivity index (χ3v) is 2.52. The number of amides is 2. The second-order valence-corrected chi connectivity index (χ2v) is 4.22. The quantitative estimate of drug-likeness (QED) is 0.526. The first-order valence-electron chi connectivity index (χ1n) is 5.48. The maximum absolute atomic E-state index is 11.5. The van der Waals surface area contributed by atoms with Crippen LogP contribution >= 0.6 is 0 Å². The van der Waals surface area contributed by atoms with Gasteiger partial charge in [0.1, 0.15) is 5.75 Å². The first kappa shape index (κ1) is 11.4. The molecule has 3 N–H and O–H groups in total. The zero-order valence-corrected chi connectivity index (χ0v) is 9.49. The Labute approximate surface area is 98.8 Å². The van der Waals surface area contributed by atoms with Crippen molar-refractivity contribution in [3.8, 4) is 5.75 Å². The molecule has 5 heteroatoms. The number of rotatable bonds is 2. The summed E-state index contributed by atoms with van der Waals surface area (Å²) < 4.78 is 0. The normalized spacial score (nSPS) is 14.2. The van der Waals surface area contributed by atoms with Gasteiger partial charge in [-0.25, -0.2) is 0 Å². The van der Waals surface area contributed by atoms with Crippen LogP contribution in [0.25, 0.3) is 0 Å². The number of hydrogen-bond donors (Lipinski definition) is 3. The van der Waals surface area contributed by atoms with E-state index >= 15 is 0 Å². The summed E-state index contributed by atoms with van der Waals surface area (Å²) in [4.78, 5) is 22.9. The van der Waals surface area contributed by atoms with Gasteiger partial charge in [-0.05, 0) is 37.5 Å². The maximum atomic E-state index is 11.5. The van der Waals surface area contributed by atoms with Crippen molar-refractivity contribution in [2.45, 2.75) is 25.8 Å². The van der Waals surface area contributed by atoms with Gasteiger partial charge in [-0.15, -0.1) is 0 Å². The van der Waals surface area contributed by atoms with Crippen LogP contribution in [0, 0.1) is 6.92 Å². The standard InChI is InChI=1S/C12H14N2O3/c1-7-2-5-10(15)9(6-7)14-12(17)11(16)13-8-3-4-8/h2,5-6,8,15H,3-4H2,1H3,(H,13,16)(H,14,17). The Morgan fingerprint density at radius 1 is 1.29 bits per heavy atom. The minimum atomic E-state index is -0.752. The van der Waals surface area contributed by atoms with E-state index in [1.807, 2.05) is 6.92 Å². The van der Waals surface area contributed by atoms with E-state index in [9.17, 15) is 14.7 Å². The monoisotopic (exact) mass is 234 g/mol. The van der Waals surface area contributed by atoms with Gasteiger partial charge in [-0.1, -0.05) is 6.07 Å². The number of anilines is 1. The Bertz CT molecular complexity index is 467. The predicted molar refractivity (Wildman–Crippen MR) is 62.6 cm³/mol. The Kier molecular flexibility index (Phi) is 2.99.